The Morgan fingerprint density at radius 3 is 2.43 bits per heavy atom. The fourth-order valence-corrected chi connectivity index (χ4v) is 4.05. The lowest BCUT2D eigenvalue weighted by Crippen LogP contribution is -2.48. The summed E-state index contributed by atoms with van der Waals surface area (Å²) in [7, 11) is 0. The van der Waals surface area contributed by atoms with Gasteiger partial charge in [0.05, 0.1) is 11.5 Å². The van der Waals surface area contributed by atoms with Gasteiger partial charge in [0.2, 0.25) is 11.8 Å². The van der Waals surface area contributed by atoms with Crippen LogP contribution in [0.3, 0.4) is 0 Å². The second-order valence-corrected chi connectivity index (χ2v) is 7.72. The highest BCUT2D eigenvalue weighted by Gasteiger charge is 2.26. The molecule has 1 saturated carbocycles. The van der Waals surface area contributed by atoms with Crippen molar-refractivity contribution in [2.75, 3.05) is 25.0 Å². The van der Waals surface area contributed by atoms with E-state index in [0.29, 0.717) is 0 Å². The maximum absolute atomic E-state index is 12.4. The lowest BCUT2D eigenvalue weighted by molar-refractivity contribution is -0.383. The van der Waals surface area contributed by atoms with E-state index in [1.807, 2.05) is 4.90 Å². The number of benzene rings is 1. The number of anilines is 1. The highest BCUT2D eigenvalue weighted by atomic mass is 16.6. The van der Waals surface area contributed by atoms with Gasteiger partial charge in [-0.3, -0.25) is 24.6 Å². The van der Waals surface area contributed by atoms with E-state index in [2.05, 4.69) is 10.6 Å². The number of nitro benzene ring substituents is 1. The number of carbonyl (C=O) groups excluding carboxylic acids is 2. The molecule has 1 aromatic carbocycles. The lowest BCUT2D eigenvalue weighted by atomic mass is 9.88. The molecule has 8 nitrogen and oxygen atoms in total. The van der Waals surface area contributed by atoms with E-state index < -0.39 is 4.92 Å². The normalized spacial score (nSPS) is 19.1. The predicted octanol–water partition coefficient (Wildman–Crippen LogP) is 2.69. The van der Waals surface area contributed by atoms with Gasteiger partial charge in [0.25, 0.3) is 5.69 Å². The van der Waals surface area contributed by atoms with Crippen molar-refractivity contribution in [2.24, 2.45) is 5.92 Å². The summed E-state index contributed by atoms with van der Waals surface area (Å²) in [6, 6.07) is 6.30. The molecule has 2 fully saturated rings. The largest absolute Gasteiger partial charge is 0.353 e. The van der Waals surface area contributed by atoms with Crippen LogP contribution in [0.1, 0.15) is 44.9 Å². The van der Waals surface area contributed by atoms with Crippen LogP contribution in [-0.2, 0) is 9.59 Å². The van der Waals surface area contributed by atoms with Gasteiger partial charge < -0.3 is 10.6 Å². The molecule has 1 heterocycles. The van der Waals surface area contributed by atoms with Gasteiger partial charge in [0.1, 0.15) is 5.69 Å². The van der Waals surface area contributed by atoms with Gasteiger partial charge in [-0.05, 0) is 31.7 Å². The topological polar surface area (TPSA) is 105 Å². The van der Waals surface area contributed by atoms with E-state index in [0.717, 1.165) is 51.6 Å². The molecule has 1 saturated heterocycles. The number of para-hydroxylation sites is 2. The molecule has 0 radical (unpaired) electrons. The maximum atomic E-state index is 12.4. The van der Waals surface area contributed by atoms with Crippen molar-refractivity contribution >= 4 is 23.2 Å². The fraction of sp³-hybridized carbons (Fsp3) is 0.600. The third-order valence-electron chi connectivity index (χ3n) is 5.65. The molecular formula is C20H28N4O4. The molecule has 28 heavy (non-hydrogen) atoms. The first-order valence-corrected chi connectivity index (χ1v) is 10.1. The second-order valence-electron chi connectivity index (χ2n) is 7.72. The summed E-state index contributed by atoms with van der Waals surface area (Å²) in [6.45, 7) is 1.63. The average Bonchev–Trinajstić information content (AvgIpc) is 2.70. The van der Waals surface area contributed by atoms with Gasteiger partial charge >= 0.3 is 0 Å². The Kier molecular flexibility index (Phi) is 6.97. The number of nitrogens with zero attached hydrogens (tertiary/aromatic N) is 2. The Hall–Kier alpha value is -2.48. The van der Waals surface area contributed by atoms with Gasteiger partial charge in [0, 0.05) is 31.1 Å². The van der Waals surface area contributed by atoms with Gasteiger partial charge in [-0.15, -0.1) is 0 Å². The lowest BCUT2D eigenvalue weighted by Gasteiger charge is -2.33. The SMILES string of the molecule is O=C(CN1CCC(NC(=O)C2CCCCC2)CC1)Nc1ccccc1[N+](=O)[O-]. The van der Waals surface area contributed by atoms with E-state index in [1.165, 1.54) is 18.6 Å². The molecule has 1 aromatic rings. The molecule has 2 amide bonds. The van der Waals surface area contributed by atoms with Crippen LogP contribution in [0.2, 0.25) is 0 Å². The van der Waals surface area contributed by atoms with E-state index in [-0.39, 0.29) is 41.7 Å². The number of piperidine rings is 1. The van der Waals surface area contributed by atoms with Crippen LogP contribution in [0.15, 0.2) is 24.3 Å². The third-order valence-corrected chi connectivity index (χ3v) is 5.65. The van der Waals surface area contributed by atoms with Crippen LogP contribution in [0.25, 0.3) is 0 Å². The van der Waals surface area contributed by atoms with Crippen molar-refractivity contribution in [1.29, 1.82) is 0 Å². The Morgan fingerprint density at radius 1 is 1.07 bits per heavy atom. The Morgan fingerprint density at radius 2 is 1.75 bits per heavy atom. The summed E-state index contributed by atoms with van der Waals surface area (Å²) < 4.78 is 0. The van der Waals surface area contributed by atoms with Crippen LogP contribution in [0, 0.1) is 16.0 Å². The van der Waals surface area contributed by atoms with Gasteiger partial charge in [-0.25, -0.2) is 0 Å². The van der Waals surface area contributed by atoms with Crippen LogP contribution in [0.4, 0.5) is 11.4 Å². The summed E-state index contributed by atoms with van der Waals surface area (Å²) in [5.74, 6) is 0.0884. The summed E-state index contributed by atoms with van der Waals surface area (Å²) >= 11 is 0. The zero-order chi connectivity index (χ0) is 19.9. The monoisotopic (exact) mass is 388 g/mol. The first-order chi connectivity index (χ1) is 13.5. The first-order valence-electron chi connectivity index (χ1n) is 10.1. The standard InChI is InChI=1S/C20H28N4O4/c25-19(22-17-8-4-5-9-18(17)24(27)28)14-23-12-10-16(11-13-23)21-20(26)15-6-2-1-3-7-15/h4-5,8-9,15-16H,1-3,6-7,10-14H2,(H,21,26)(H,22,25). The van der Waals surface area contributed by atoms with Crippen molar-refractivity contribution in [3.8, 4) is 0 Å². The van der Waals surface area contributed by atoms with Crippen molar-refractivity contribution < 1.29 is 14.5 Å². The van der Waals surface area contributed by atoms with E-state index in [9.17, 15) is 19.7 Å². The minimum Gasteiger partial charge on any atom is -0.353 e. The van der Waals surface area contributed by atoms with Crippen molar-refractivity contribution in [3.63, 3.8) is 0 Å². The highest BCUT2D eigenvalue weighted by molar-refractivity contribution is 5.94. The van der Waals surface area contributed by atoms with E-state index in [4.69, 9.17) is 0 Å². The molecule has 0 unspecified atom stereocenters. The molecule has 3 rings (SSSR count). The Balaban J connectivity index is 1.42. The molecule has 2 N–H and O–H groups in total. The molecule has 0 bridgehead atoms. The molecule has 0 atom stereocenters. The Labute approximate surface area is 164 Å². The number of hydrogen-bond donors (Lipinski definition) is 2. The van der Waals surface area contributed by atoms with Gasteiger partial charge in [-0.2, -0.15) is 0 Å². The minimum atomic E-state index is -0.504. The van der Waals surface area contributed by atoms with Crippen molar-refractivity contribution in [1.82, 2.24) is 10.2 Å². The average molecular weight is 388 g/mol. The molecule has 8 heteroatoms. The van der Waals surface area contributed by atoms with Gasteiger partial charge in [-0.1, -0.05) is 31.4 Å². The fourth-order valence-electron chi connectivity index (χ4n) is 4.05. The number of hydrogen-bond acceptors (Lipinski definition) is 5. The zero-order valence-corrected chi connectivity index (χ0v) is 16.1. The summed E-state index contributed by atoms with van der Waals surface area (Å²) in [5, 5.41) is 16.9. The van der Waals surface area contributed by atoms with Crippen molar-refractivity contribution in [3.05, 3.63) is 34.4 Å². The minimum absolute atomic E-state index is 0.111. The smallest absolute Gasteiger partial charge is 0.292 e. The van der Waals surface area contributed by atoms with E-state index >= 15 is 0 Å². The first kappa shape index (κ1) is 20.3. The number of rotatable bonds is 6. The van der Waals surface area contributed by atoms with Gasteiger partial charge in [0.15, 0.2) is 0 Å². The number of nitrogens with one attached hydrogen (secondary N) is 2. The molecule has 0 spiro atoms. The van der Waals surface area contributed by atoms with Crippen LogP contribution in [0.5, 0.6) is 0 Å². The Bertz CT molecular complexity index is 710. The van der Waals surface area contributed by atoms with E-state index in [1.54, 1.807) is 12.1 Å². The van der Waals surface area contributed by atoms with Crippen LogP contribution >= 0.6 is 0 Å². The molecule has 2 aliphatic rings. The number of nitro groups is 1. The third kappa shape index (κ3) is 5.51. The summed E-state index contributed by atoms with van der Waals surface area (Å²) in [4.78, 5) is 37.2. The quantitative estimate of drug-likeness (QED) is 0.576. The predicted molar refractivity (Wildman–Crippen MR) is 106 cm³/mol. The molecule has 152 valence electrons. The van der Waals surface area contributed by atoms with Crippen LogP contribution in [-0.4, -0.2) is 47.3 Å². The summed E-state index contributed by atoms with van der Waals surface area (Å²) in [5.41, 5.74) is 0.104. The highest BCUT2D eigenvalue weighted by Crippen LogP contribution is 2.25. The molecule has 1 aliphatic carbocycles. The number of likely N-dealkylation sites (tertiary alicyclic amines) is 1. The number of carbonyl (C=O) groups is 2. The summed E-state index contributed by atoms with van der Waals surface area (Å²) in [6.07, 6.45) is 7.15. The second kappa shape index (κ2) is 9.64. The number of amides is 2. The molecular weight excluding hydrogens is 360 g/mol. The van der Waals surface area contributed by atoms with Crippen LogP contribution < -0.4 is 10.6 Å². The molecule has 0 aromatic heterocycles. The van der Waals surface area contributed by atoms with Crippen molar-refractivity contribution in [2.45, 2.75) is 51.0 Å². The zero-order valence-electron chi connectivity index (χ0n) is 16.1. The maximum Gasteiger partial charge on any atom is 0.292 e. The molecule has 1 aliphatic heterocycles.